The van der Waals surface area contributed by atoms with Crippen molar-refractivity contribution >= 4 is 22.9 Å². The number of aryl methyl sites for hydroxylation is 1. The van der Waals surface area contributed by atoms with Crippen LogP contribution in [-0.2, 0) is 4.79 Å². The fourth-order valence-electron chi connectivity index (χ4n) is 4.24. The minimum absolute atomic E-state index is 0.0798. The van der Waals surface area contributed by atoms with Crippen molar-refractivity contribution in [3.63, 3.8) is 0 Å². The van der Waals surface area contributed by atoms with Gasteiger partial charge < -0.3 is 9.80 Å². The van der Waals surface area contributed by atoms with Gasteiger partial charge in [0.25, 0.3) is 0 Å². The van der Waals surface area contributed by atoms with Crippen LogP contribution in [0.1, 0.15) is 41.9 Å². The van der Waals surface area contributed by atoms with E-state index in [1.807, 2.05) is 6.92 Å². The molecular weight excluding hydrogens is 316 g/mol. The van der Waals surface area contributed by atoms with Gasteiger partial charge in [-0.05, 0) is 67.9 Å². The monoisotopic (exact) mass is 340 g/mol. The lowest BCUT2D eigenvalue weighted by atomic mass is 9.88. The van der Waals surface area contributed by atoms with E-state index in [-0.39, 0.29) is 11.8 Å². The Morgan fingerprint density at radius 2 is 2.17 bits per heavy atom. The van der Waals surface area contributed by atoms with Crippen LogP contribution in [0.5, 0.6) is 0 Å². The lowest BCUT2D eigenvalue weighted by Gasteiger charge is -2.37. The van der Waals surface area contributed by atoms with Gasteiger partial charge >= 0.3 is 0 Å². The van der Waals surface area contributed by atoms with E-state index in [0.717, 1.165) is 30.8 Å². The molecule has 4 heteroatoms. The molecule has 1 fully saturated rings. The van der Waals surface area contributed by atoms with Gasteiger partial charge in [-0.15, -0.1) is 0 Å². The highest BCUT2D eigenvalue weighted by atomic mass is 32.1. The summed E-state index contributed by atoms with van der Waals surface area (Å²) < 4.78 is 0. The van der Waals surface area contributed by atoms with Crippen molar-refractivity contribution in [2.75, 3.05) is 25.0 Å². The molecule has 0 saturated carbocycles. The predicted molar refractivity (Wildman–Crippen MR) is 100 cm³/mol. The third kappa shape index (κ3) is 2.49. The number of benzene rings is 1. The zero-order chi connectivity index (χ0) is 16.8. The zero-order valence-electron chi connectivity index (χ0n) is 14.5. The molecule has 3 nitrogen and oxygen atoms in total. The molecule has 24 heavy (non-hydrogen) atoms. The molecule has 0 radical (unpaired) electrons. The molecule has 0 aliphatic carbocycles. The second-order valence-electron chi connectivity index (χ2n) is 7.27. The number of anilines is 1. The van der Waals surface area contributed by atoms with Crippen molar-refractivity contribution in [1.29, 1.82) is 0 Å². The molecule has 1 aromatic carbocycles. The maximum absolute atomic E-state index is 13.3. The van der Waals surface area contributed by atoms with Crippen molar-refractivity contribution in [3.05, 3.63) is 51.7 Å². The molecule has 4 rings (SSSR count). The normalized spacial score (nSPS) is 24.5. The highest BCUT2D eigenvalue weighted by Crippen LogP contribution is 2.46. The Labute approximate surface area is 147 Å². The molecule has 126 valence electrons. The van der Waals surface area contributed by atoms with Crippen LogP contribution in [0.2, 0.25) is 0 Å². The number of likely N-dealkylation sites (tertiary alicyclic amines) is 1. The standard InChI is InChI=1S/C20H24N2OS/c1-13-4-5-18-16(10-13)17-11-21(3)8-6-19(17)22(18)20(23)14(2)15-7-9-24-12-15/h4-5,7,9-10,12,14,17,19H,6,8,11H2,1-3H3. The van der Waals surface area contributed by atoms with Gasteiger partial charge in [0.05, 0.1) is 5.92 Å². The molecule has 0 N–H and O–H groups in total. The minimum atomic E-state index is -0.0798. The fraction of sp³-hybridized carbons (Fsp3) is 0.450. The summed E-state index contributed by atoms with van der Waals surface area (Å²) >= 11 is 1.66. The second-order valence-corrected chi connectivity index (χ2v) is 8.05. The smallest absolute Gasteiger partial charge is 0.234 e. The van der Waals surface area contributed by atoms with Crippen molar-refractivity contribution in [2.24, 2.45) is 0 Å². The molecule has 3 unspecified atom stereocenters. The van der Waals surface area contributed by atoms with Crippen molar-refractivity contribution in [1.82, 2.24) is 4.90 Å². The summed E-state index contributed by atoms with van der Waals surface area (Å²) in [5.74, 6) is 0.608. The van der Waals surface area contributed by atoms with Crippen LogP contribution >= 0.6 is 11.3 Å². The maximum Gasteiger partial charge on any atom is 0.234 e. The van der Waals surface area contributed by atoms with Crippen LogP contribution in [0.25, 0.3) is 0 Å². The SMILES string of the molecule is Cc1ccc2c(c1)C1CN(C)CCC1N2C(=O)C(C)c1ccsc1. The van der Waals surface area contributed by atoms with E-state index in [9.17, 15) is 4.79 Å². The first-order valence-corrected chi connectivity index (χ1v) is 9.65. The molecule has 3 atom stereocenters. The van der Waals surface area contributed by atoms with E-state index in [2.05, 4.69) is 58.8 Å². The largest absolute Gasteiger partial charge is 0.308 e. The van der Waals surface area contributed by atoms with E-state index in [1.165, 1.54) is 11.1 Å². The summed E-state index contributed by atoms with van der Waals surface area (Å²) in [6.07, 6.45) is 1.05. The van der Waals surface area contributed by atoms with E-state index >= 15 is 0 Å². The summed E-state index contributed by atoms with van der Waals surface area (Å²) in [6, 6.07) is 8.96. The van der Waals surface area contributed by atoms with Crippen LogP contribution < -0.4 is 4.90 Å². The number of nitrogens with zero attached hydrogens (tertiary/aromatic N) is 2. The molecule has 3 heterocycles. The highest BCUT2D eigenvalue weighted by Gasteiger charge is 2.44. The topological polar surface area (TPSA) is 23.6 Å². The number of amides is 1. The number of hydrogen-bond donors (Lipinski definition) is 0. The first kappa shape index (κ1) is 15.9. The van der Waals surface area contributed by atoms with Crippen LogP contribution in [0.4, 0.5) is 5.69 Å². The van der Waals surface area contributed by atoms with Crippen molar-refractivity contribution in [2.45, 2.75) is 38.1 Å². The van der Waals surface area contributed by atoms with Gasteiger partial charge in [0.15, 0.2) is 0 Å². The van der Waals surface area contributed by atoms with Gasteiger partial charge in [-0.1, -0.05) is 17.7 Å². The minimum Gasteiger partial charge on any atom is -0.308 e. The number of fused-ring (bicyclic) bond motifs is 3. The van der Waals surface area contributed by atoms with E-state index in [0.29, 0.717) is 12.0 Å². The number of rotatable bonds is 2. The lowest BCUT2D eigenvalue weighted by molar-refractivity contribution is -0.120. The molecule has 2 aliphatic rings. The summed E-state index contributed by atoms with van der Waals surface area (Å²) in [5, 5.41) is 4.15. The number of piperidine rings is 1. The Balaban J connectivity index is 1.73. The number of carbonyl (C=O) groups is 1. The molecule has 2 aliphatic heterocycles. The molecule has 1 aromatic heterocycles. The molecule has 2 aromatic rings. The molecule has 0 spiro atoms. The Hall–Kier alpha value is -1.65. The average Bonchev–Trinajstić information content (AvgIpc) is 3.19. The van der Waals surface area contributed by atoms with E-state index in [4.69, 9.17) is 0 Å². The average molecular weight is 340 g/mol. The highest BCUT2D eigenvalue weighted by molar-refractivity contribution is 7.08. The van der Waals surface area contributed by atoms with Gasteiger partial charge in [-0.2, -0.15) is 11.3 Å². The van der Waals surface area contributed by atoms with Crippen LogP contribution in [0.15, 0.2) is 35.0 Å². The van der Waals surface area contributed by atoms with Crippen molar-refractivity contribution in [3.8, 4) is 0 Å². The third-order valence-electron chi connectivity index (χ3n) is 5.60. The Morgan fingerprint density at radius 1 is 1.33 bits per heavy atom. The molecule has 1 amide bonds. The summed E-state index contributed by atoms with van der Waals surface area (Å²) in [7, 11) is 2.18. The van der Waals surface area contributed by atoms with Gasteiger partial charge in [0, 0.05) is 24.2 Å². The van der Waals surface area contributed by atoms with Crippen LogP contribution in [0, 0.1) is 6.92 Å². The lowest BCUT2D eigenvalue weighted by Crippen LogP contribution is -2.48. The number of hydrogen-bond acceptors (Lipinski definition) is 3. The number of likely N-dealkylation sites (N-methyl/N-ethyl adjacent to an activating group) is 1. The summed E-state index contributed by atoms with van der Waals surface area (Å²) in [6.45, 7) is 6.28. The Bertz CT molecular complexity index is 755. The van der Waals surface area contributed by atoms with Gasteiger partial charge in [0.2, 0.25) is 5.91 Å². The molecule has 1 saturated heterocycles. The number of carbonyl (C=O) groups excluding carboxylic acids is 1. The number of thiophene rings is 1. The van der Waals surface area contributed by atoms with Gasteiger partial charge in [-0.3, -0.25) is 4.79 Å². The first-order chi connectivity index (χ1) is 11.6. The Morgan fingerprint density at radius 3 is 2.92 bits per heavy atom. The zero-order valence-corrected chi connectivity index (χ0v) is 15.3. The van der Waals surface area contributed by atoms with Gasteiger partial charge in [-0.25, -0.2) is 0 Å². The van der Waals surface area contributed by atoms with Crippen LogP contribution in [-0.4, -0.2) is 37.0 Å². The summed E-state index contributed by atoms with van der Waals surface area (Å²) in [4.78, 5) is 17.9. The van der Waals surface area contributed by atoms with E-state index < -0.39 is 0 Å². The maximum atomic E-state index is 13.3. The van der Waals surface area contributed by atoms with Crippen molar-refractivity contribution < 1.29 is 4.79 Å². The molecular formula is C20H24N2OS. The quantitative estimate of drug-likeness (QED) is 0.825. The van der Waals surface area contributed by atoms with Crippen LogP contribution in [0.3, 0.4) is 0 Å². The summed E-state index contributed by atoms with van der Waals surface area (Å²) in [5.41, 5.74) is 4.91. The van der Waals surface area contributed by atoms with E-state index in [1.54, 1.807) is 11.3 Å². The van der Waals surface area contributed by atoms with Gasteiger partial charge in [0.1, 0.15) is 0 Å². The first-order valence-electron chi connectivity index (χ1n) is 8.70. The second kappa shape index (κ2) is 6.01. The third-order valence-corrected chi connectivity index (χ3v) is 6.31. The fourth-order valence-corrected chi connectivity index (χ4v) is 5.00. The molecule has 0 bridgehead atoms. The Kier molecular flexibility index (Phi) is 3.97. The predicted octanol–water partition coefficient (Wildman–Crippen LogP) is 3.99.